The van der Waals surface area contributed by atoms with Gasteiger partial charge in [-0.25, -0.2) is 0 Å². The minimum absolute atomic E-state index is 0.454. The summed E-state index contributed by atoms with van der Waals surface area (Å²) in [6, 6.07) is 26.8. The number of rotatable bonds is 8. The molecule has 4 aromatic rings. The molecule has 45 heavy (non-hydrogen) atoms. The third kappa shape index (κ3) is 6.36. The Hall–Kier alpha value is -3.74. The van der Waals surface area contributed by atoms with Crippen molar-refractivity contribution in [3.63, 3.8) is 0 Å². The zero-order chi connectivity index (χ0) is 31.7. The summed E-state index contributed by atoms with van der Waals surface area (Å²) in [7, 11) is 0. The molecule has 2 fully saturated rings. The van der Waals surface area contributed by atoms with E-state index in [4.69, 9.17) is 0 Å². The van der Waals surface area contributed by atoms with Gasteiger partial charge in [0.1, 0.15) is 5.41 Å². The molecule has 6 nitrogen and oxygen atoms in total. The Morgan fingerprint density at radius 3 is 1.31 bits per heavy atom. The zero-order valence-electron chi connectivity index (χ0n) is 26.5. The van der Waals surface area contributed by atoms with Crippen molar-refractivity contribution in [2.24, 2.45) is 5.41 Å². The van der Waals surface area contributed by atoms with Gasteiger partial charge in [0.15, 0.2) is 0 Å². The fourth-order valence-electron chi connectivity index (χ4n) is 7.46. The van der Waals surface area contributed by atoms with Crippen LogP contribution in [0.2, 0.25) is 0 Å². The van der Waals surface area contributed by atoms with Crippen LogP contribution in [-0.2, 0) is 9.59 Å². The number of hydrogen-bond acceptors (Lipinski definition) is 4. The van der Waals surface area contributed by atoms with E-state index in [1.165, 1.54) is 0 Å². The Morgan fingerprint density at radius 1 is 0.578 bits per heavy atom. The average molecular weight is 607 g/mol. The van der Waals surface area contributed by atoms with Crippen molar-refractivity contribution in [1.29, 1.82) is 0 Å². The first kappa shape index (κ1) is 31.3. The molecule has 2 aliphatic carbocycles. The lowest BCUT2D eigenvalue weighted by atomic mass is 9.75. The molecule has 2 atom stereocenters. The number of aliphatic hydroxyl groups is 2. The molecule has 4 aromatic carbocycles. The Morgan fingerprint density at radius 2 is 0.933 bits per heavy atom. The van der Waals surface area contributed by atoms with Crippen molar-refractivity contribution in [2.75, 3.05) is 0 Å². The third-order valence-electron chi connectivity index (χ3n) is 10.4. The Balaban J connectivity index is 1.29. The molecular weight excluding hydrogens is 560 g/mol. The number of carbonyl (C=O) groups is 2. The number of hydrogen-bond donors (Lipinski definition) is 4. The van der Waals surface area contributed by atoms with Gasteiger partial charge in [-0.1, -0.05) is 111 Å². The number of nitrogens with one attached hydrogen (secondary N) is 2. The zero-order valence-corrected chi connectivity index (χ0v) is 26.5. The summed E-state index contributed by atoms with van der Waals surface area (Å²) in [5, 5.41) is 34.4. The van der Waals surface area contributed by atoms with E-state index in [1.54, 1.807) is 13.8 Å². The number of carbonyl (C=O) groups excluding carboxylic acids is 2. The standard InChI is InChI=1S/C39H46N2O4/c1-37(2,35(42)40-33(38(44)21-9-3-10-22-38)31-19-17-27-13-5-7-15-29(27)25-31)36(43)41-34(39(45)23-11-4-12-24-39)32-20-18-28-14-6-8-16-30(28)26-32/h5-8,13-20,25-26,33-34,44-45H,3-4,9-12,21-24H2,1-2H3,(H,40,42)(H,41,43)/t33-,34-/m1/s1. The summed E-state index contributed by atoms with van der Waals surface area (Å²) in [5.41, 5.74) is -2.05. The molecule has 0 aliphatic heterocycles. The van der Waals surface area contributed by atoms with Gasteiger partial charge in [0.05, 0.1) is 23.3 Å². The van der Waals surface area contributed by atoms with Crippen LogP contribution in [0.5, 0.6) is 0 Å². The van der Waals surface area contributed by atoms with Gasteiger partial charge in [-0.3, -0.25) is 9.59 Å². The van der Waals surface area contributed by atoms with Crippen molar-refractivity contribution in [3.8, 4) is 0 Å². The van der Waals surface area contributed by atoms with Crippen LogP contribution in [0.1, 0.15) is 101 Å². The molecule has 0 heterocycles. The van der Waals surface area contributed by atoms with E-state index in [0.717, 1.165) is 71.2 Å². The fraction of sp³-hybridized carbons (Fsp3) is 0.436. The smallest absolute Gasteiger partial charge is 0.235 e. The summed E-state index contributed by atoms with van der Waals surface area (Å²) in [6.07, 6.45) is 7.94. The van der Waals surface area contributed by atoms with E-state index in [0.29, 0.717) is 25.7 Å². The van der Waals surface area contributed by atoms with Crippen molar-refractivity contribution in [3.05, 3.63) is 96.1 Å². The van der Waals surface area contributed by atoms with Gasteiger partial charge in [0.2, 0.25) is 11.8 Å². The average Bonchev–Trinajstić information content (AvgIpc) is 3.06. The summed E-state index contributed by atoms with van der Waals surface area (Å²) in [5.74, 6) is -0.907. The predicted octanol–water partition coefficient (Wildman–Crippen LogP) is 7.42. The first-order valence-electron chi connectivity index (χ1n) is 16.6. The summed E-state index contributed by atoms with van der Waals surface area (Å²) in [4.78, 5) is 28.3. The van der Waals surface area contributed by atoms with Gasteiger partial charge >= 0.3 is 0 Å². The number of fused-ring (bicyclic) bond motifs is 2. The van der Waals surface area contributed by atoms with Gasteiger partial charge in [-0.2, -0.15) is 0 Å². The second-order valence-electron chi connectivity index (χ2n) is 14.0. The van der Waals surface area contributed by atoms with Crippen molar-refractivity contribution < 1.29 is 19.8 Å². The van der Waals surface area contributed by atoms with Crippen molar-refractivity contribution >= 4 is 33.4 Å². The molecule has 4 N–H and O–H groups in total. The van der Waals surface area contributed by atoms with Crippen LogP contribution >= 0.6 is 0 Å². The lowest BCUT2D eigenvalue weighted by Gasteiger charge is -2.42. The molecular formula is C39H46N2O4. The molecule has 0 unspecified atom stereocenters. The van der Waals surface area contributed by atoms with E-state index in [9.17, 15) is 19.8 Å². The lowest BCUT2D eigenvalue weighted by molar-refractivity contribution is -0.146. The highest BCUT2D eigenvalue weighted by Gasteiger charge is 2.46. The number of amides is 2. The fourth-order valence-corrected chi connectivity index (χ4v) is 7.46. The summed E-state index contributed by atoms with van der Waals surface area (Å²) >= 11 is 0. The Bertz CT molecular complexity index is 1560. The van der Waals surface area contributed by atoms with Crippen molar-refractivity contribution in [2.45, 2.75) is 101 Å². The van der Waals surface area contributed by atoms with Crippen LogP contribution in [0.15, 0.2) is 84.9 Å². The predicted molar refractivity (Wildman–Crippen MR) is 180 cm³/mol. The molecule has 2 saturated carbocycles. The number of benzene rings is 4. The molecule has 0 bridgehead atoms. The van der Waals surface area contributed by atoms with E-state index < -0.39 is 40.5 Å². The molecule has 6 rings (SSSR count). The maximum absolute atomic E-state index is 14.1. The van der Waals surface area contributed by atoms with Crippen LogP contribution in [0, 0.1) is 5.41 Å². The topological polar surface area (TPSA) is 98.7 Å². The van der Waals surface area contributed by atoms with Gasteiger partial charge in [0.25, 0.3) is 0 Å². The minimum atomic E-state index is -1.47. The largest absolute Gasteiger partial charge is 0.387 e. The summed E-state index contributed by atoms with van der Waals surface area (Å²) in [6.45, 7) is 3.25. The molecule has 6 heteroatoms. The normalized spacial score (nSPS) is 19.5. The SMILES string of the molecule is CC(C)(C(=O)N[C@H](c1ccc2ccccc2c1)C1(O)CCCCC1)C(=O)N[C@H](c1ccc2ccccc2c1)C1(O)CCCCC1. The first-order valence-corrected chi connectivity index (χ1v) is 16.6. The van der Waals surface area contributed by atoms with E-state index in [-0.39, 0.29) is 0 Å². The minimum Gasteiger partial charge on any atom is -0.387 e. The van der Waals surface area contributed by atoms with Crippen LogP contribution in [0.4, 0.5) is 0 Å². The maximum Gasteiger partial charge on any atom is 0.235 e. The molecule has 236 valence electrons. The van der Waals surface area contributed by atoms with E-state index in [2.05, 4.69) is 10.6 Å². The highest BCUT2D eigenvalue weighted by Crippen LogP contribution is 2.42. The molecule has 0 radical (unpaired) electrons. The quantitative estimate of drug-likeness (QED) is 0.157. The Kier molecular flexibility index (Phi) is 8.73. The van der Waals surface area contributed by atoms with Gasteiger partial charge in [-0.15, -0.1) is 0 Å². The van der Waals surface area contributed by atoms with Crippen molar-refractivity contribution in [1.82, 2.24) is 10.6 Å². The Labute approximate surface area is 266 Å². The maximum atomic E-state index is 14.1. The van der Waals surface area contributed by atoms with Gasteiger partial charge < -0.3 is 20.8 Å². The molecule has 2 amide bonds. The second kappa shape index (κ2) is 12.6. The van der Waals surface area contributed by atoms with Gasteiger partial charge in [0, 0.05) is 0 Å². The van der Waals surface area contributed by atoms with E-state index in [1.807, 2.05) is 84.9 Å². The lowest BCUT2D eigenvalue weighted by Crippen LogP contribution is -2.56. The van der Waals surface area contributed by atoms with Crippen LogP contribution in [0.25, 0.3) is 21.5 Å². The molecule has 0 spiro atoms. The van der Waals surface area contributed by atoms with Crippen LogP contribution in [0.3, 0.4) is 0 Å². The monoisotopic (exact) mass is 606 g/mol. The molecule has 2 aliphatic rings. The van der Waals surface area contributed by atoms with Crippen LogP contribution < -0.4 is 10.6 Å². The van der Waals surface area contributed by atoms with E-state index >= 15 is 0 Å². The van der Waals surface area contributed by atoms with Crippen LogP contribution in [-0.4, -0.2) is 33.2 Å². The molecule has 0 saturated heterocycles. The highest BCUT2D eigenvalue weighted by molar-refractivity contribution is 6.04. The summed E-state index contributed by atoms with van der Waals surface area (Å²) < 4.78 is 0. The first-order chi connectivity index (χ1) is 21.6. The molecule has 0 aromatic heterocycles. The second-order valence-corrected chi connectivity index (χ2v) is 14.0. The third-order valence-corrected chi connectivity index (χ3v) is 10.4. The van der Waals surface area contributed by atoms with Gasteiger partial charge in [-0.05, 0) is 84.3 Å². The highest BCUT2D eigenvalue weighted by atomic mass is 16.3.